The maximum atomic E-state index is 10.9. The third kappa shape index (κ3) is 3.35. The second-order valence-electron chi connectivity index (χ2n) is 5.04. The molecule has 0 heterocycles. The number of carboxylic acids is 1. The first-order valence-electron chi connectivity index (χ1n) is 5.68. The zero-order valence-electron chi connectivity index (χ0n) is 10.9. The fraction of sp³-hybridized carbons (Fsp3) is 0.357. The summed E-state index contributed by atoms with van der Waals surface area (Å²) in [6, 6.07) is 5.06. The summed E-state index contributed by atoms with van der Waals surface area (Å²) >= 11 is 3.44. The SMILES string of the molecule is C=CCN(c1ccc(C(=O)O)cc1Br)C(C)(C)C. The molecule has 18 heavy (non-hydrogen) atoms. The van der Waals surface area contributed by atoms with Crippen molar-refractivity contribution >= 4 is 27.6 Å². The monoisotopic (exact) mass is 311 g/mol. The van der Waals surface area contributed by atoms with E-state index >= 15 is 0 Å². The molecule has 0 aromatic heterocycles. The van der Waals surface area contributed by atoms with Gasteiger partial charge in [-0.05, 0) is 54.9 Å². The van der Waals surface area contributed by atoms with Crippen molar-refractivity contribution in [2.75, 3.05) is 11.4 Å². The highest BCUT2D eigenvalue weighted by Crippen LogP contribution is 2.32. The van der Waals surface area contributed by atoms with Gasteiger partial charge in [0.1, 0.15) is 0 Å². The first-order chi connectivity index (χ1) is 8.27. The lowest BCUT2D eigenvalue weighted by atomic mass is 10.0. The van der Waals surface area contributed by atoms with Crippen LogP contribution in [0.15, 0.2) is 35.3 Å². The molecule has 1 aromatic rings. The average Bonchev–Trinajstić information content (AvgIpc) is 2.24. The molecule has 0 radical (unpaired) electrons. The molecule has 0 saturated heterocycles. The van der Waals surface area contributed by atoms with E-state index in [9.17, 15) is 4.79 Å². The van der Waals surface area contributed by atoms with Crippen LogP contribution < -0.4 is 4.90 Å². The van der Waals surface area contributed by atoms with E-state index in [1.807, 2.05) is 12.1 Å². The molecule has 3 nitrogen and oxygen atoms in total. The van der Waals surface area contributed by atoms with E-state index in [2.05, 4.69) is 48.2 Å². The van der Waals surface area contributed by atoms with Gasteiger partial charge in [-0.3, -0.25) is 0 Å². The lowest BCUT2D eigenvalue weighted by Crippen LogP contribution is -2.41. The van der Waals surface area contributed by atoms with Crippen molar-refractivity contribution in [3.63, 3.8) is 0 Å². The number of anilines is 1. The van der Waals surface area contributed by atoms with Crippen molar-refractivity contribution in [2.24, 2.45) is 0 Å². The summed E-state index contributed by atoms with van der Waals surface area (Å²) in [4.78, 5) is 13.1. The van der Waals surface area contributed by atoms with E-state index < -0.39 is 5.97 Å². The predicted octanol–water partition coefficient (Wildman–Crippen LogP) is 3.94. The summed E-state index contributed by atoms with van der Waals surface area (Å²) in [7, 11) is 0. The van der Waals surface area contributed by atoms with Crippen LogP contribution in [-0.4, -0.2) is 23.2 Å². The summed E-state index contributed by atoms with van der Waals surface area (Å²) in [5, 5.41) is 8.95. The second kappa shape index (κ2) is 5.57. The molecule has 0 saturated carbocycles. The number of carbonyl (C=O) groups is 1. The lowest BCUT2D eigenvalue weighted by molar-refractivity contribution is 0.0697. The maximum Gasteiger partial charge on any atom is 0.335 e. The Morgan fingerprint density at radius 1 is 1.50 bits per heavy atom. The number of benzene rings is 1. The molecule has 0 aliphatic heterocycles. The van der Waals surface area contributed by atoms with Crippen molar-refractivity contribution < 1.29 is 9.90 Å². The van der Waals surface area contributed by atoms with E-state index in [-0.39, 0.29) is 11.1 Å². The predicted molar refractivity (Wildman–Crippen MR) is 78.4 cm³/mol. The fourth-order valence-electron chi connectivity index (χ4n) is 1.72. The van der Waals surface area contributed by atoms with Crippen LogP contribution in [0.2, 0.25) is 0 Å². The van der Waals surface area contributed by atoms with Gasteiger partial charge in [-0.25, -0.2) is 4.79 Å². The Hall–Kier alpha value is -1.29. The highest BCUT2D eigenvalue weighted by Gasteiger charge is 2.22. The van der Waals surface area contributed by atoms with Crippen LogP contribution >= 0.6 is 15.9 Å². The topological polar surface area (TPSA) is 40.5 Å². The van der Waals surface area contributed by atoms with Crippen LogP contribution in [0.1, 0.15) is 31.1 Å². The molecule has 0 fully saturated rings. The third-order valence-corrected chi connectivity index (χ3v) is 3.24. The van der Waals surface area contributed by atoms with Crippen LogP contribution in [0.4, 0.5) is 5.69 Å². The van der Waals surface area contributed by atoms with Crippen molar-refractivity contribution in [1.82, 2.24) is 0 Å². The summed E-state index contributed by atoms with van der Waals surface area (Å²) in [5.41, 5.74) is 1.17. The largest absolute Gasteiger partial charge is 0.478 e. The zero-order valence-corrected chi connectivity index (χ0v) is 12.5. The van der Waals surface area contributed by atoms with Crippen molar-refractivity contribution in [2.45, 2.75) is 26.3 Å². The molecule has 0 amide bonds. The van der Waals surface area contributed by atoms with Gasteiger partial charge < -0.3 is 10.0 Å². The van der Waals surface area contributed by atoms with Crippen molar-refractivity contribution in [3.05, 3.63) is 40.9 Å². The number of rotatable bonds is 4. The van der Waals surface area contributed by atoms with Crippen LogP contribution in [0, 0.1) is 0 Å². The zero-order chi connectivity index (χ0) is 13.9. The average molecular weight is 312 g/mol. The minimum absolute atomic E-state index is 0.0680. The Bertz CT molecular complexity index is 463. The van der Waals surface area contributed by atoms with E-state index in [1.165, 1.54) is 0 Å². The number of hydrogen-bond acceptors (Lipinski definition) is 2. The quantitative estimate of drug-likeness (QED) is 0.856. The number of aromatic carboxylic acids is 1. The Labute approximate surface area is 116 Å². The Balaban J connectivity index is 3.22. The summed E-state index contributed by atoms with van der Waals surface area (Å²) in [6.45, 7) is 10.8. The molecule has 4 heteroatoms. The molecular formula is C14H18BrNO2. The number of halogens is 1. The number of carboxylic acid groups (broad SMARTS) is 1. The lowest BCUT2D eigenvalue weighted by Gasteiger charge is -2.37. The molecule has 0 bridgehead atoms. The maximum absolute atomic E-state index is 10.9. The van der Waals surface area contributed by atoms with Crippen LogP contribution in [0.3, 0.4) is 0 Å². The second-order valence-corrected chi connectivity index (χ2v) is 5.90. The Kier molecular flexibility index (Phi) is 4.57. The molecular weight excluding hydrogens is 294 g/mol. The van der Waals surface area contributed by atoms with E-state index in [4.69, 9.17) is 5.11 Å². The van der Waals surface area contributed by atoms with E-state index in [0.29, 0.717) is 6.54 Å². The van der Waals surface area contributed by atoms with Gasteiger partial charge in [0.25, 0.3) is 0 Å². The molecule has 1 aromatic carbocycles. The normalized spacial score (nSPS) is 11.1. The van der Waals surface area contributed by atoms with Gasteiger partial charge in [0.2, 0.25) is 0 Å². The van der Waals surface area contributed by atoms with Gasteiger partial charge in [-0.2, -0.15) is 0 Å². The van der Waals surface area contributed by atoms with Crippen LogP contribution in [-0.2, 0) is 0 Å². The molecule has 0 spiro atoms. The van der Waals surface area contributed by atoms with Crippen LogP contribution in [0.25, 0.3) is 0 Å². The first-order valence-corrected chi connectivity index (χ1v) is 6.48. The highest BCUT2D eigenvalue weighted by atomic mass is 79.9. The molecule has 0 aliphatic rings. The fourth-order valence-corrected chi connectivity index (χ4v) is 2.31. The van der Waals surface area contributed by atoms with E-state index in [1.54, 1.807) is 12.1 Å². The van der Waals surface area contributed by atoms with Gasteiger partial charge in [-0.15, -0.1) is 6.58 Å². The number of nitrogens with zero attached hydrogens (tertiary/aromatic N) is 1. The molecule has 0 unspecified atom stereocenters. The van der Waals surface area contributed by atoms with E-state index in [0.717, 1.165) is 10.2 Å². The number of hydrogen-bond donors (Lipinski definition) is 1. The third-order valence-electron chi connectivity index (χ3n) is 2.61. The van der Waals surface area contributed by atoms with Gasteiger partial charge in [0, 0.05) is 16.6 Å². The van der Waals surface area contributed by atoms with Gasteiger partial charge >= 0.3 is 5.97 Å². The summed E-state index contributed by atoms with van der Waals surface area (Å²) in [6.07, 6.45) is 1.84. The molecule has 0 atom stereocenters. The standard InChI is InChI=1S/C14H18BrNO2/c1-5-8-16(14(2,3)4)12-7-6-10(13(17)18)9-11(12)15/h5-7,9H,1,8H2,2-4H3,(H,17,18). The smallest absolute Gasteiger partial charge is 0.335 e. The summed E-state index contributed by atoms with van der Waals surface area (Å²) in [5.74, 6) is -0.923. The highest BCUT2D eigenvalue weighted by molar-refractivity contribution is 9.10. The molecule has 1 rings (SSSR count). The molecule has 0 aliphatic carbocycles. The molecule has 98 valence electrons. The summed E-state index contributed by atoms with van der Waals surface area (Å²) < 4.78 is 0.777. The molecule has 1 N–H and O–H groups in total. The Morgan fingerprint density at radius 2 is 2.11 bits per heavy atom. The van der Waals surface area contributed by atoms with Crippen LogP contribution in [0.5, 0.6) is 0 Å². The van der Waals surface area contributed by atoms with Gasteiger partial charge in [0.05, 0.1) is 11.3 Å². The van der Waals surface area contributed by atoms with Crippen molar-refractivity contribution in [3.8, 4) is 0 Å². The Morgan fingerprint density at radius 3 is 2.50 bits per heavy atom. The minimum atomic E-state index is -0.923. The minimum Gasteiger partial charge on any atom is -0.478 e. The van der Waals surface area contributed by atoms with Gasteiger partial charge in [0.15, 0.2) is 0 Å². The first kappa shape index (κ1) is 14.8. The van der Waals surface area contributed by atoms with Crippen molar-refractivity contribution in [1.29, 1.82) is 0 Å². The van der Waals surface area contributed by atoms with Gasteiger partial charge in [-0.1, -0.05) is 6.08 Å².